The highest BCUT2D eigenvalue weighted by atomic mass is 16.3. The van der Waals surface area contributed by atoms with Crippen molar-refractivity contribution in [2.24, 2.45) is 0 Å². The molecule has 0 aliphatic carbocycles. The quantitative estimate of drug-likeness (QED) is 0.576. The highest BCUT2D eigenvalue weighted by molar-refractivity contribution is 5.51. The molecular weight excluding hydrogens is 180 g/mol. The molecule has 0 unspecified atom stereocenters. The SMILES string of the molecule is c1coc(-c2nc3ccncn3n2)c1. The van der Waals surface area contributed by atoms with E-state index in [2.05, 4.69) is 15.1 Å². The summed E-state index contributed by atoms with van der Waals surface area (Å²) in [5.74, 6) is 1.23. The molecule has 0 aliphatic heterocycles. The van der Waals surface area contributed by atoms with Gasteiger partial charge in [0.05, 0.1) is 6.26 Å². The van der Waals surface area contributed by atoms with Crippen LogP contribution in [0.2, 0.25) is 0 Å². The molecule has 0 atom stereocenters. The molecular formula is C9H6N4O. The minimum absolute atomic E-state index is 0.572. The molecule has 0 bridgehead atoms. The van der Waals surface area contributed by atoms with Crippen LogP contribution in [0, 0.1) is 0 Å². The van der Waals surface area contributed by atoms with Crippen molar-refractivity contribution in [1.82, 2.24) is 19.6 Å². The maximum atomic E-state index is 5.19. The van der Waals surface area contributed by atoms with Crippen molar-refractivity contribution in [2.75, 3.05) is 0 Å². The first kappa shape index (κ1) is 7.25. The fourth-order valence-electron chi connectivity index (χ4n) is 1.26. The van der Waals surface area contributed by atoms with Gasteiger partial charge in [-0.05, 0) is 12.1 Å². The van der Waals surface area contributed by atoms with Gasteiger partial charge in [0.1, 0.15) is 6.33 Å². The van der Waals surface area contributed by atoms with Gasteiger partial charge in [-0.2, -0.15) is 0 Å². The number of aromatic nitrogens is 4. The summed E-state index contributed by atoms with van der Waals surface area (Å²) in [4.78, 5) is 8.21. The summed E-state index contributed by atoms with van der Waals surface area (Å²) in [7, 11) is 0. The summed E-state index contributed by atoms with van der Waals surface area (Å²) >= 11 is 0. The van der Waals surface area contributed by atoms with E-state index in [0.717, 1.165) is 5.65 Å². The van der Waals surface area contributed by atoms with Gasteiger partial charge in [0, 0.05) is 12.3 Å². The Kier molecular flexibility index (Phi) is 1.38. The van der Waals surface area contributed by atoms with Gasteiger partial charge in [-0.1, -0.05) is 0 Å². The van der Waals surface area contributed by atoms with E-state index in [4.69, 9.17) is 4.42 Å². The summed E-state index contributed by atoms with van der Waals surface area (Å²) in [6.45, 7) is 0. The largest absolute Gasteiger partial charge is 0.461 e. The van der Waals surface area contributed by atoms with Crippen LogP contribution in [-0.2, 0) is 0 Å². The van der Waals surface area contributed by atoms with Gasteiger partial charge in [0.2, 0.25) is 5.82 Å². The first-order valence-electron chi connectivity index (χ1n) is 4.14. The molecule has 0 N–H and O–H groups in total. The van der Waals surface area contributed by atoms with Gasteiger partial charge >= 0.3 is 0 Å². The van der Waals surface area contributed by atoms with Crippen LogP contribution in [0.1, 0.15) is 0 Å². The molecule has 0 radical (unpaired) electrons. The lowest BCUT2D eigenvalue weighted by Gasteiger charge is -1.84. The zero-order chi connectivity index (χ0) is 9.38. The number of nitrogens with zero attached hydrogens (tertiary/aromatic N) is 4. The second-order valence-corrected chi connectivity index (χ2v) is 2.80. The van der Waals surface area contributed by atoms with Crippen LogP contribution >= 0.6 is 0 Å². The predicted molar refractivity (Wildman–Crippen MR) is 48.5 cm³/mol. The van der Waals surface area contributed by atoms with E-state index in [0.29, 0.717) is 11.6 Å². The van der Waals surface area contributed by atoms with Crippen molar-refractivity contribution in [3.8, 4) is 11.6 Å². The number of furan rings is 1. The van der Waals surface area contributed by atoms with Gasteiger partial charge in [0.15, 0.2) is 11.4 Å². The van der Waals surface area contributed by atoms with Gasteiger partial charge in [-0.25, -0.2) is 14.5 Å². The van der Waals surface area contributed by atoms with Gasteiger partial charge in [-0.15, -0.1) is 5.10 Å². The zero-order valence-corrected chi connectivity index (χ0v) is 7.16. The fraction of sp³-hybridized carbons (Fsp3) is 0. The molecule has 14 heavy (non-hydrogen) atoms. The first-order valence-corrected chi connectivity index (χ1v) is 4.14. The van der Waals surface area contributed by atoms with E-state index in [1.54, 1.807) is 35.4 Å². The normalized spacial score (nSPS) is 10.9. The molecule has 3 rings (SSSR count). The summed E-state index contributed by atoms with van der Waals surface area (Å²) in [6.07, 6.45) is 4.88. The highest BCUT2D eigenvalue weighted by Crippen LogP contribution is 2.15. The zero-order valence-electron chi connectivity index (χ0n) is 7.16. The van der Waals surface area contributed by atoms with Crippen LogP contribution in [-0.4, -0.2) is 19.6 Å². The van der Waals surface area contributed by atoms with E-state index in [9.17, 15) is 0 Å². The van der Waals surface area contributed by atoms with Crippen LogP contribution in [0.4, 0.5) is 0 Å². The Morgan fingerprint density at radius 2 is 2.29 bits per heavy atom. The average molecular weight is 186 g/mol. The van der Waals surface area contributed by atoms with E-state index in [1.165, 1.54) is 0 Å². The summed E-state index contributed by atoms with van der Waals surface area (Å²) in [5.41, 5.74) is 0.756. The van der Waals surface area contributed by atoms with Crippen LogP contribution in [0.3, 0.4) is 0 Å². The first-order chi connectivity index (χ1) is 6.93. The lowest BCUT2D eigenvalue weighted by Crippen LogP contribution is -1.86. The summed E-state index contributed by atoms with van der Waals surface area (Å²) < 4.78 is 6.80. The van der Waals surface area contributed by atoms with Gasteiger partial charge in [-0.3, -0.25) is 0 Å². The molecule has 68 valence electrons. The third kappa shape index (κ3) is 0.990. The fourth-order valence-corrected chi connectivity index (χ4v) is 1.26. The minimum atomic E-state index is 0.572. The molecule has 0 saturated heterocycles. The molecule has 3 aromatic heterocycles. The lowest BCUT2D eigenvalue weighted by atomic mass is 10.4. The third-order valence-corrected chi connectivity index (χ3v) is 1.88. The van der Waals surface area contributed by atoms with Crippen molar-refractivity contribution in [1.29, 1.82) is 0 Å². The number of fused-ring (bicyclic) bond motifs is 1. The molecule has 0 aromatic carbocycles. The Hall–Kier alpha value is -2.17. The Labute approximate surface area is 79.0 Å². The van der Waals surface area contributed by atoms with E-state index in [1.807, 2.05) is 6.07 Å². The highest BCUT2D eigenvalue weighted by Gasteiger charge is 2.07. The van der Waals surface area contributed by atoms with Crippen molar-refractivity contribution < 1.29 is 4.42 Å². The topological polar surface area (TPSA) is 56.2 Å². The molecule has 0 fully saturated rings. The molecule has 3 aromatic rings. The van der Waals surface area contributed by atoms with Gasteiger partial charge in [0.25, 0.3) is 0 Å². The molecule has 0 amide bonds. The van der Waals surface area contributed by atoms with Crippen molar-refractivity contribution in [2.45, 2.75) is 0 Å². The molecule has 3 heterocycles. The molecule has 0 saturated carbocycles. The monoisotopic (exact) mass is 186 g/mol. The lowest BCUT2D eigenvalue weighted by molar-refractivity contribution is 0.577. The predicted octanol–water partition coefficient (Wildman–Crippen LogP) is 1.38. The smallest absolute Gasteiger partial charge is 0.217 e. The van der Waals surface area contributed by atoms with Crippen LogP contribution in [0.5, 0.6) is 0 Å². The van der Waals surface area contributed by atoms with E-state index in [-0.39, 0.29) is 0 Å². The minimum Gasteiger partial charge on any atom is -0.461 e. The number of rotatable bonds is 1. The third-order valence-electron chi connectivity index (χ3n) is 1.88. The maximum Gasteiger partial charge on any atom is 0.217 e. The van der Waals surface area contributed by atoms with E-state index >= 15 is 0 Å². The Morgan fingerprint density at radius 3 is 3.07 bits per heavy atom. The molecule has 5 nitrogen and oxygen atoms in total. The Balaban J connectivity index is 2.24. The Bertz CT molecular complexity index is 522. The summed E-state index contributed by atoms with van der Waals surface area (Å²) in [5, 5.41) is 4.20. The second kappa shape index (κ2) is 2.66. The Morgan fingerprint density at radius 1 is 1.29 bits per heavy atom. The summed E-state index contributed by atoms with van der Waals surface area (Å²) in [6, 6.07) is 5.42. The van der Waals surface area contributed by atoms with Crippen LogP contribution < -0.4 is 0 Å². The molecule has 0 spiro atoms. The standard InChI is InChI=1S/C9H6N4O/c1-2-7(14-5-1)9-11-8-3-4-10-6-13(8)12-9/h1-6H. The number of hydrogen-bond acceptors (Lipinski definition) is 4. The van der Waals surface area contributed by atoms with Gasteiger partial charge < -0.3 is 4.42 Å². The van der Waals surface area contributed by atoms with Crippen LogP contribution in [0.15, 0.2) is 41.4 Å². The van der Waals surface area contributed by atoms with Crippen molar-refractivity contribution in [3.63, 3.8) is 0 Å². The van der Waals surface area contributed by atoms with Crippen LogP contribution in [0.25, 0.3) is 17.2 Å². The molecule has 5 heteroatoms. The number of hydrogen-bond donors (Lipinski definition) is 0. The van der Waals surface area contributed by atoms with Crippen molar-refractivity contribution in [3.05, 3.63) is 37.0 Å². The molecule has 0 aliphatic rings. The maximum absolute atomic E-state index is 5.19. The second-order valence-electron chi connectivity index (χ2n) is 2.80. The van der Waals surface area contributed by atoms with Crippen molar-refractivity contribution >= 4 is 5.65 Å². The van der Waals surface area contributed by atoms with E-state index < -0.39 is 0 Å². The average Bonchev–Trinajstić information content (AvgIpc) is 2.86.